The van der Waals surface area contributed by atoms with Crippen LogP contribution in [0.3, 0.4) is 0 Å². The third-order valence-corrected chi connectivity index (χ3v) is 10.5. The molecule has 0 saturated heterocycles. The minimum absolute atomic E-state index is 0.00666. The van der Waals surface area contributed by atoms with E-state index in [4.69, 9.17) is 9.29 Å². The van der Waals surface area contributed by atoms with Gasteiger partial charge >= 0.3 is 39.3 Å². The number of alkyl halides is 6. The molecule has 2 unspecified atom stereocenters. The van der Waals surface area contributed by atoms with E-state index in [0.717, 1.165) is 0 Å². The zero-order chi connectivity index (χ0) is 35.6. The molecule has 0 saturated carbocycles. The molecule has 0 amide bonds. The van der Waals surface area contributed by atoms with Gasteiger partial charge in [0, 0.05) is 22.8 Å². The molecule has 46 heavy (non-hydrogen) atoms. The topological polar surface area (TPSA) is 196 Å². The number of esters is 2. The maximum atomic E-state index is 13.2. The van der Waals surface area contributed by atoms with E-state index in [0.29, 0.717) is 21.8 Å². The Labute approximate surface area is 296 Å². The first-order valence-corrected chi connectivity index (χ1v) is 18.1. The van der Waals surface area contributed by atoms with Gasteiger partial charge in [-0.3, -0.25) is 24.2 Å². The lowest BCUT2D eigenvalue weighted by Gasteiger charge is -2.20. The number of ether oxygens (including phenoxy) is 2. The predicted molar refractivity (Wildman–Crippen MR) is 171 cm³/mol. The van der Waals surface area contributed by atoms with Crippen LogP contribution in [0.15, 0.2) is 24.3 Å². The summed E-state index contributed by atoms with van der Waals surface area (Å²) in [6, 6.07) is 3.06. The minimum atomic E-state index is -5.83. The molecule has 0 heterocycles. The third-order valence-electron chi connectivity index (χ3n) is 5.66. The number of benzene rings is 2. The average molecular weight is 1040 g/mol. The zero-order valence-electron chi connectivity index (χ0n) is 22.3. The van der Waals surface area contributed by atoms with Gasteiger partial charge in [-0.1, -0.05) is 6.92 Å². The molecule has 2 atom stereocenters. The molecule has 0 aliphatic rings. The van der Waals surface area contributed by atoms with Crippen LogP contribution in [0, 0.1) is 26.7 Å². The number of hydrogen-bond acceptors (Lipinski definition) is 10. The number of nitro benzene ring substituents is 1. The number of carbonyl (C=O) groups excluding carboxylic acids is 2. The smallest absolute Gasteiger partial charge is 0.448 e. The van der Waals surface area contributed by atoms with E-state index in [1.54, 1.807) is 67.8 Å². The van der Waals surface area contributed by atoms with Gasteiger partial charge in [0.1, 0.15) is 5.75 Å². The van der Waals surface area contributed by atoms with Crippen LogP contribution in [0.2, 0.25) is 0 Å². The molecule has 0 bridgehead atoms. The van der Waals surface area contributed by atoms with Crippen LogP contribution in [0.5, 0.6) is 5.75 Å². The third kappa shape index (κ3) is 10.6. The highest BCUT2D eigenvalue weighted by Crippen LogP contribution is 2.37. The predicted octanol–water partition coefficient (Wildman–Crippen LogP) is 5.82. The lowest BCUT2D eigenvalue weighted by Crippen LogP contribution is -2.39. The molecule has 24 heteroatoms. The van der Waals surface area contributed by atoms with Gasteiger partial charge in [-0.05, 0) is 98.3 Å². The first kappa shape index (κ1) is 40.4. The second-order valence-electron chi connectivity index (χ2n) is 8.91. The number of nitrogens with zero attached hydrogens (tertiary/aromatic N) is 1. The SMILES string of the molecule is CCC(Cc1c(I)cc(I)c(NS(=O)(=O)C(F)(F)F)c1I)C(=O)Oc1cc(C(=O)OC(CS(=O)(=O)O)C(F)(F)F)ccc1[N+](=O)[O-]. The molecule has 2 rings (SSSR count). The van der Waals surface area contributed by atoms with E-state index < -0.39 is 89.2 Å². The Balaban J connectivity index is 2.45. The van der Waals surface area contributed by atoms with Crippen LogP contribution in [0.4, 0.5) is 37.7 Å². The van der Waals surface area contributed by atoms with E-state index in [-0.39, 0.29) is 25.5 Å². The molecule has 2 aromatic carbocycles. The van der Waals surface area contributed by atoms with Gasteiger partial charge in [0.15, 0.2) is 0 Å². The van der Waals surface area contributed by atoms with Gasteiger partial charge in [-0.25, -0.2) is 4.79 Å². The largest absolute Gasteiger partial charge is 0.516 e. The normalized spacial score (nSPS) is 13.9. The molecule has 0 aliphatic carbocycles. The Morgan fingerprint density at radius 2 is 1.63 bits per heavy atom. The van der Waals surface area contributed by atoms with Gasteiger partial charge in [-0.15, -0.1) is 0 Å². The number of nitro groups is 1. The van der Waals surface area contributed by atoms with Crippen LogP contribution >= 0.6 is 67.8 Å². The molecule has 13 nitrogen and oxygen atoms in total. The molecule has 0 spiro atoms. The Morgan fingerprint density at radius 3 is 2.11 bits per heavy atom. The van der Waals surface area contributed by atoms with Crippen molar-refractivity contribution in [3.63, 3.8) is 0 Å². The summed E-state index contributed by atoms with van der Waals surface area (Å²) >= 11 is 4.97. The summed E-state index contributed by atoms with van der Waals surface area (Å²) in [7, 11) is -11.1. The summed E-state index contributed by atoms with van der Waals surface area (Å²) in [5.74, 6) is -7.19. The van der Waals surface area contributed by atoms with Crippen LogP contribution in [0.1, 0.15) is 29.3 Å². The summed E-state index contributed by atoms with van der Waals surface area (Å²) in [5, 5.41) is 11.5. The lowest BCUT2D eigenvalue weighted by atomic mass is 9.96. The second-order valence-corrected chi connectivity index (χ2v) is 15.5. The molecule has 0 aliphatic heterocycles. The molecule has 2 N–H and O–H groups in total. The summed E-state index contributed by atoms with van der Waals surface area (Å²) in [6.45, 7) is 1.47. The number of hydrogen-bond donors (Lipinski definition) is 2. The van der Waals surface area contributed by atoms with Gasteiger partial charge in [0.05, 0.1) is 22.1 Å². The molecule has 2 aromatic rings. The monoisotopic (exact) mass is 1040 g/mol. The maximum Gasteiger partial charge on any atom is 0.516 e. The van der Waals surface area contributed by atoms with Crippen molar-refractivity contribution >= 4 is 111 Å². The number of nitrogens with one attached hydrogen (secondary N) is 1. The van der Waals surface area contributed by atoms with Gasteiger partial charge in [0.2, 0.25) is 11.9 Å². The van der Waals surface area contributed by atoms with E-state index in [1.165, 1.54) is 17.7 Å². The van der Waals surface area contributed by atoms with Crippen LogP contribution in [-0.2, 0) is 36.1 Å². The zero-order valence-corrected chi connectivity index (χ0v) is 30.4. The Kier molecular flexibility index (Phi) is 13.3. The Hall–Kier alpha value is -1.79. The van der Waals surface area contributed by atoms with Crippen molar-refractivity contribution in [2.45, 2.75) is 37.6 Å². The maximum absolute atomic E-state index is 13.2. The van der Waals surface area contributed by atoms with Crippen molar-refractivity contribution in [3.8, 4) is 5.75 Å². The Morgan fingerprint density at radius 1 is 1.04 bits per heavy atom. The number of halogens is 9. The Bertz CT molecular complexity index is 1750. The van der Waals surface area contributed by atoms with Gasteiger partial charge < -0.3 is 9.47 Å². The number of anilines is 1. The fourth-order valence-electron chi connectivity index (χ4n) is 3.39. The molecule has 0 radical (unpaired) electrons. The van der Waals surface area contributed by atoms with Crippen molar-refractivity contribution in [2.75, 3.05) is 10.5 Å². The van der Waals surface area contributed by atoms with Crippen molar-refractivity contribution in [1.29, 1.82) is 0 Å². The van der Waals surface area contributed by atoms with Crippen molar-refractivity contribution in [1.82, 2.24) is 0 Å². The summed E-state index contributed by atoms with van der Waals surface area (Å²) in [4.78, 5) is 36.0. The van der Waals surface area contributed by atoms with Crippen LogP contribution < -0.4 is 9.46 Å². The molecular weight excluding hydrogens is 1030 g/mol. The highest BCUT2D eigenvalue weighted by molar-refractivity contribution is 14.1. The highest BCUT2D eigenvalue weighted by Gasteiger charge is 2.47. The quantitative estimate of drug-likeness (QED) is 0.0495. The lowest BCUT2D eigenvalue weighted by molar-refractivity contribution is -0.385. The minimum Gasteiger partial charge on any atom is -0.448 e. The first-order valence-electron chi connectivity index (χ1n) is 11.8. The van der Waals surface area contributed by atoms with Gasteiger partial charge in [0.25, 0.3) is 10.1 Å². The second kappa shape index (κ2) is 15.2. The summed E-state index contributed by atoms with van der Waals surface area (Å²) in [6.07, 6.45) is -9.11. The number of sulfonamides is 1. The highest BCUT2D eigenvalue weighted by atomic mass is 127. The van der Waals surface area contributed by atoms with Crippen LogP contribution in [-0.4, -0.2) is 61.8 Å². The summed E-state index contributed by atoms with van der Waals surface area (Å²) in [5.41, 5.74) is -7.63. The van der Waals surface area contributed by atoms with E-state index in [2.05, 4.69) is 4.74 Å². The molecule has 0 fully saturated rings. The number of carbonyl (C=O) groups is 2. The van der Waals surface area contributed by atoms with E-state index in [9.17, 15) is 62.9 Å². The van der Waals surface area contributed by atoms with Gasteiger partial charge in [-0.2, -0.15) is 43.2 Å². The first-order chi connectivity index (χ1) is 20.8. The number of rotatable bonds is 12. The molecule has 0 aromatic heterocycles. The standard InChI is InChI=1S/C22H17F6I3N2O11S2/c1-2-9(5-11-12(29)7-13(30)18(17(11)31)32-46(41,42)22(26,27)28)19(34)43-15-6-10(3-4-14(15)33(36)37)20(35)44-16(21(23,24)25)8-45(38,39)40/h3-4,6-7,9,16,32H,2,5,8H2,1H3,(H,38,39,40). The molecular formula is C22H17F6I3N2O11S2. The van der Waals surface area contributed by atoms with E-state index in [1.807, 2.05) is 0 Å². The van der Waals surface area contributed by atoms with E-state index >= 15 is 0 Å². The van der Waals surface area contributed by atoms with Crippen LogP contribution in [0.25, 0.3) is 0 Å². The average Bonchev–Trinajstić information content (AvgIpc) is 2.88. The molecule has 256 valence electrons. The van der Waals surface area contributed by atoms with Crippen molar-refractivity contribution in [2.24, 2.45) is 5.92 Å². The van der Waals surface area contributed by atoms with Crippen molar-refractivity contribution < 1.29 is 71.7 Å². The fraction of sp³-hybridized carbons (Fsp3) is 0.364. The fourth-order valence-corrected chi connectivity index (χ4v) is 9.08. The summed E-state index contributed by atoms with van der Waals surface area (Å²) < 4.78 is 144. The van der Waals surface area contributed by atoms with Crippen molar-refractivity contribution in [3.05, 3.63) is 56.2 Å².